The van der Waals surface area contributed by atoms with Crippen LogP contribution in [0.1, 0.15) is 5.56 Å². The summed E-state index contributed by atoms with van der Waals surface area (Å²) < 4.78 is 24.8. The summed E-state index contributed by atoms with van der Waals surface area (Å²) in [6, 6.07) is 13.5. The molecule has 4 nitrogen and oxygen atoms in total. The van der Waals surface area contributed by atoms with Crippen LogP contribution in [0.5, 0.6) is 0 Å². The molecule has 0 aliphatic rings. The van der Waals surface area contributed by atoms with E-state index in [1.54, 1.807) is 48.5 Å². The van der Waals surface area contributed by atoms with Gasteiger partial charge in [0.2, 0.25) is 5.91 Å². The number of hydrogen-bond acceptors (Lipinski definition) is 3. The van der Waals surface area contributed by atoms with Crippen LogP contribution in [0.3, 0.4) is 0 Å². The Morgan fingerprint density at radius 1 is 1.09 bits per heavy atom. The lowest BCUT2D eigenvalue weighted by molar-refractivity contribution is -0.113. The Labute approximate surface area is 142 Å². The van der Waals surface area contributed by atoms with E-state index in [1.807, 2.05) is 0 Å². The molecule has 0 aliphatic heterocycles. The number of anilines is 1. The molecule has 1 amide bonds. The van der Waals surface area contributed by atoms with Crippen molar-refractivity contribution in [3.63, 3.8) is 0 Å². The van der Waals surface area contributed by atoms with E-state index in [-0.39, 0.29) is 5.75 Å². The number of halogens is 2. The standard InChI is InChI=1S/C15H13BrClNO3S/c16-13-3-1-2-4-14(13)18-15(19)10-22(20,21)9-11-5-7-12(17)8-6-11/h1-8H,9-10H2,(H,18,19). The number of hydrogen-bond donors (Lipinski definition) is 1. The molecule has 22 heavy (non-hydrogen) atoms. The van der Waals surface area contributed by atoms with Crippen molar-refractivity contribution >= 4 is 49.0 Å². The van der Waals surface area contributed by atoms with Crippen LogP contribution in [0.2, 0.25) is 5.02 Å². The first-order chi connectivity index (χ1) is 10.4. The Bertz CT molecular complexity index is 776. The SMILES string of the molecule is O=C(CS(=O)(=O)Cc1ccc(Cl)cc1)Nc1ccccc1Br. The maximum Gasteiger partial charge on any atom is 0.239 e. The second-order valence-electron chi connectivity index (χ2n) is 4.69. The Morgan fingerprint density at radius 2 is 1.73 bits per heavy atom. The summed E-state index contributed by atoms with van der Waals surface area (Å²) >= 11 is 9.04. The molecular formula is C15H13BrClNO3S. The van der Waals surface area contributed by atoms with Crippen LogP contribution in [0.4, 0.5) is 5.69 Å². The van der Waals surface area contributed by atoms with Crippen molar-refractivity contribution in [2.75, 3.05) is 11.1 Å². The van der Waals surface area contributed by atoms with Crippen molar-refractivity contribution in [3.8, 4) is 0 Å². The number of amides is 1. The molecule has 2 aromatic rings. The third-order valence-corrected chi connectivity index (χ3v) is 5.22. The number of sulfone groups is 1. The lowest BCUT2D eigenvalue weighted by atomic mass is 10.2. The summed E-state index contributed by atoms with van der Waals surface area (Å²) in [5.41, 5.74) is 1.13. The molecule has 7 heteroatoms. The number of para-hydroxylation sites is 1. The zero-order valence-electron chi connectivity index (χ0n) is 11.4. The highest BCUT2D eigenvalue weighted by atomic mass is 79.9. The molecule has 2 rings (SSSR count). The fourth-order valence-electron chi connectivity index (χ4n) is 1.83. The maximum atomic E-state index is 12.1. The summed E-state index contributed by atoms with van der Waals surface area (Å²) in [6.07, 6.45) is 0. The van der Waals surface area contributed by atoms with Gasteiger partial charge in [-0.2, -0.15) is 0 Å². The summed E-state index contributed by atoms with van der Waals surface area (Å²) in [5, 5.41) is 3.11. The Hall–Kier alpha value is -1.37. The van der Waals surface area contributed by atoms with Crippen molar-refractivity contribution in [2.45, 2.75) is 5.75 Å². The highest BCUT2D eigenvalue weighted by Gasteiger charge is 2.18. The molecule has 0 saturated carbocycles. The van der Waals surface area contributed by atoms with Gasteiger partial charge in [0.05, 0.1) is 11.4 Å². The van der Waals surface area contributed by atoms with Crippen molar-refractivity contribution in [1.82, 2.24) is 0 Å². The summed E-state index contributed by atoms with van der Waals surface area (Å²) in [5.74, 6) is -1.34. The first-order valence-corrected chi connectivity index (χ1v) is 9.34. The van der Waals surface area contributed by atoms with E-state index in [4.69, 9.17) is 11.6 Å². The normalized spacial score (nSPS) is 11.2. The van der Waals surface area contributed by atoms with E-state index in [0.29, 0.717) is 20.7 Å². The number of carbonyl (C=O) groups excluding carboxylic acids is 1. The highest BCUT2D eigenvalue weighted by molar-refractivity contribution is 9.10. The van der Waals surface area contributed by atoms with Gasteiger partial charge in [-0.1, -0.05) is 35.9 Å². The molecular weight excluding hydrogens is 390 g/mol. The zero-order chi connectivity index (χ0) is 16.2. The van der Waals surface area contributed by atoms with Crippen molar-refractivity contribution in [1.29, 1.82) is 0 Å². The fourth-order valence-corrected chi connectivity index (χ4v) is 3.62. The smallest absolute Gasteiger partial charge is 0.239 e. The average Bonchev–Trinajstić information content (AvgIpc) is 2.43. The van der Waals surface area contributed by atoms with Gasteiger partial charge in [0, 0.05) is 9.50 Å². The number of carbonyl (C=O) groups is 1. The third-order valence-electron chi connectivity index (χ3n) is 2.80. The van der Waals surface area contributed by atoms with E-state index in [1.165, 1.54) is 0 Å². The largest absolute Gasteiger partial charge is 0.324 e. The number of benzene rings is 2. The van der Waals surface area contributed by atoms with Crippen molar-refractivity contribution < 1.29 is 13.2 Å². The maximum absolute atomic E-state index is 12.1. The van der Waals surface area contributed by atoms with Crippen LogP contribution in [-0.2, 0) is 20.4 Å². The topological polar surface area (TPSA) is 63.2 Å². The molecule has 0 bridgehead atoms. The minimum Gasteiger partial charge on any atom is -0.324 e. The van der Waals surface area contributed by atoms with Crippen LogP contribution < -0.4 is 5.32 Å². The summed E-state index contributed by atoms with van der Waals surface area (Å²) in [4.78, 5) is 11.9. The number of nitrogens with one attached hydrogen (secondary N) is 1. The first-order valence-electron chi connectivity index (χ1n) is 6.35. The van der Waals surface area contributed by atoms with Gasteiger partial charge in [-0.15, -0.1) is 0 Å². The molecule has 0 fully saturated rings. The second-order valence-corrected chi connectivity index (χ2v) is 8.04. The highest BCUT2D eigenvalue weighted by Crippen LogP contribution is 2.21. The minimum atomic E-state index is -3.55. The van der Waals surface area contributed by atoms with Crippen LogP contribution >= 0.6 is 27.5 Å². The lowest BCUT2D eigenvalue weighted by Crippen LogP contribution is -2.24. The Kier molecular flexibility index (Phi) is 5.61. The van der Waals surface area contributed by atoms with Crippen molar-refractivity contribution in [2.24, 2.45) is 0 Å². The molecule has 0 radical (unpaired) electrons. The van der Waals surface area contributed by atoms with E-state index >= 15 is 0 Å². The Morgan fingerprint density at radius 3 is 2.36 bits per heavy atom. The van der Waals surface area contributed by atoms with E-state index in [9.17, 15) is 13.2 Å². The van der Waals surface area contributed by atoms with Gasteiger partial charge in [-0.05, 0) is 45.8 Å². The molecule has 0 heterocycles. The van der Waals surface area contributed by atoms with Crippen LogP contribution in [0.15, 0.2) is 53.0 Å². The predicted molar refractivity (Wildman–Crippen MR) is 91.7 cm³/mol. The zero-order valence-corrected chi connectivity index (χ0v) is 14.6. The third kappa shape index (κ3) is 5.12. The molecule has 0 spiro atoms. The van der Waals surface area contributed by atoms with Gasteiger partial charge in [0.1, 0.15) is 5.75 Å². The Balaban J connectivity index is 2.01. The molecule has 0 atom stereocenters. The van der Waals surface area contributed by atoms with E-state index in [2.05, 4.69) is 21.2 Å². The molecule has 116 valence electrons. The minimum absolute atomic E-state index is 0.201. The van der Waals surface area contributed by atoms with E-state index < -0.39 is 21.5 Å². The first kappa shape index (κ1) is 17.0. The van der Waals surface area contributed by atoms with Gasteiger partial charge in [-0.3, -0.25) is 4.79 Å². The fraction of sp³-hybridized carbons (Fsp3) is 0.133. The molecule has 0 unspecified atom stereocenters. The van der Waals surface area contributed by atoms with Gasteiger partial charge in [0.25, 0.3) is 0 Å². The number of rotatable bonds is 5. The van der Waals surface area contributed by atoms with Crippen LogP contribution in [0.25, 0.3) is 0 Å². The van der Waals surface area contributed by atoms with Gasteiger partial charge >= 0.3 is 0 Å². The van der Waals surface area contributed by atoms with Gasteiger partial charge < -0.3 is 5.32 Å². The quantitative estimate of drug-likeness (QED) is 0.830. The van der Waals surface area contributed by atoms with Gasteiger partial charge in [0.15, 0.2) is 9.84 Å². The molecule has 0 aliphatic carbocycles. The van der Waals surface area contributed by atoms with Gasteiger partial charge in [-0.25, -0.2) is 8.42 Å². The van der Waals surface area contributed by atoms with E-state index in [0.717, 1.165) is 0 Å². The average molecular weight is 403 g/mol. The second kappa shape index (κ2) is 7.26. The molecule has 0 aromatic heterocycles. The predicted octanol–water partition coefficient (Wildman–Crippen LogP) is 3.66. The van der Waals surface area contributed by atoms with Crippen LogP contribution in [0, 0.1) is 0 Å². The molecule has 1 N–H and O–H groups in total. The lowest BCUT2D eigenvalue weighted by Gasteiger charge is -2.08. The molecule has 0 saturated heterocycles. The summed E-state index contributed by atoms with van der Waals surface area (Å²) in [6.45, 7) is 0. The van der Waals surface area contributed by atoms with Crippen LogP contribution in [-0.4, -0.2) is 20.1 Å². The van der Waals surface area contributed by atoms with Crippen molar-refractivity contribution in [3.05, 3.63) is 63.6 Å². The monoisotopic (exact) mass is 401 g/mol. The molecule has 2 aromatic carbocycles. The summed E-state index contributed by atoms with van der Waals surface area (Å²) in [7, 11) is -3.55.